The molecule has 0 fully saturated rings. The molecule has 1 aromatic rings. The highest BCUT2D eigenvalue weighted by molar-refractivity contribution is 6.42. The van der Waals surface area contributed by atoms with E-state index in [1.54, 1.807) is 18.2 Å². The Bertz CT molecular complexity index is 410. The molecule has 1 aromatic carbocycles. The Balaban J connectivity index is 3.22. The quantitative estimate of drug-likeness (QED) is 0.867. The summed E-state index contributed by atoms with van der Waals surface area (Å²) in [6.45, 7) is 5.89. The molecule has 0 aliphatic heterocycles. The normalized spacial score (nSPS) is 13.6. The maximum atomic E-state index is 11.5. The van der Waals surface area contributed by atoms with Crippen molar-refractivity contribution in [1.29, 1.82) is 0 Å². The highest BCUT2D eigenvalue weighted by Crippen LogP contribution is 2.36. The van der Waals surface area contributed by atoms with Gasteiger partial charge in [0.2, 0.25) is 5.91 Å². The first-order chi connectivity index (χ1) is 7.23. The zero-order valence-electron chi connectivity index (χ0n) is 9.55. The Hall–Kier alpha value is -0.730. The maximum Gasteiger partial charge on any atom is 0.225 e. The Labute approximate surface area is 106 Å². The number of hydrogen-bond donors (Lipinski definition) is 1. The van der Waals surface area contributed by atoms with E-state index >= 15 is 0 Å². The third-order valence-electron chi connectivity index (χ3n) is 2.43. The third-order valence-corrected chi connectivity index (χ3v) is 3.17. The average molecular weight is 260 g/mol. The van der Waals surface area contributed by atoms with E-state index in [-0.39, 0.29) is 17.2 Å². The van der Waals surface area contributed by atoms with E-state index in [0.29, 0.717) is 10.0 Å². The molecule has 16 heavy (non-hydrogen) atoms. The molecule has 0 bridgehead atoms. The van der Waals surface area contributed by atoms with Gasteiger partial charge in [0.25, 0.3) is 0 Å². The van der Waals surface area contributed by atoms with Gasteiger partial charge in [-0.2, -0.15) is 0 Å². The van der Waals surface area contributed by atoms with Crippen molar-refractivity contribution in [2.45, 2.75) is 26.7 Å². The van der Waals surface area contributed by atoms with Gasteiger partial charge in [0.15, 0.2) is 0 Å². The van der Waals surface area contributed by atoms with Gasteiger partial charge in [-0.3, -0.25) is 4.79 Å². The first kappa shape index (κ1) is 13.3. The van der Waals surface area contributed by atoms with Crippen molar-refractivity contribution in [3.63, 3.8) is 0 Å². The number of benzene rings is 1. The maximum absolute atomic E-state index is 11.5. The SMILES string of the molecule is CC(C)(C)C(C(N)=O)c1ccc(Cl)c(Cl)c1. The number of nitrogens with two attached hydrogens (primary N) is 1. The standard InChI is InChI=1S/C12H15Cl2NO/c1-12(2,3)10(11(15)16)7-4-5-8(13)9(14)6-7/h4-6,10H,1-3H3,(H2,15,16). The van der Waals surface area contributed by atoms with Crippen LogP contribution in [0.15, 0.2) is 18.2 Å². The van der Waals surface area contributed by atoms with Crippen LogP contribution in [0.3, 0.4) is 0 Å². The molecule has 1 rings (SSSR count). The summed E-state index contributed by atoms with van der Waals surface area (Å²) in [5, 5.41) is 0.914. The third kappa shape index (κ3) is 2.89. The second-order valence-electron chi connectivity index (χ2n) is 4.87. The Morgan fingerprint density at radius 3 is 2.19 bits per heavy atom. The highest BCUT2D eigenvalue weighted by atomic mass is 35.5. The topological polar surface area (TPSA) is 43.1 Å². The molecule has 1 unspecified atom stereocenters. The summed E-state index contributed by atoms with van der Waals surface area (Å²) in [6, 6.07) is 5.17. The molecule has 4 heteroatoms. The summed E-state index contributed by atoms with van der Waals surface area (Å²) in [5.41, 5.74) is 5.98. The number of carbonyl (C=O) groups is 1. The number of carbonyl (C=O) groups excluding carboxylic acids is 1. The van der Waals surface area contributed by atoms with Crippen LogP contribution >= 0.6 is 23.2 Å². The van der Waals surface area contributed by atoms with Gasteiger partial charge in [0.1, 0.15) is 0 Å². The van der Waals surface area contributed by atoms with Gasteiger partial charge in [0.05, 0.1) is 16.0 Å². The van der Waals surface area contributed by atoms with Crippen LogP contribution in [0.2, 0.25) is 10.0 Å². The fraction of sp³-hybridized carbons (Fsp3) is 0.417. The Morgan fingerprint density at radius 1 is 1.25 bits per heavy atom. The van der Waals surface area contributed by atoms with E-state index in [4.69, 9.17) is 28.9 Å². The van der Waals surface area contributed by atoms with Gasteiger partial charge in [0, 0.05) is 0 Å². The van der Waals surface area contributed by atoms with Gasteiger partial charge >= 0.3 is 0 Å². The molecule has 0 spiro atoms. The van der Waals surface area contributed by atoms with Crippen LogP contribution in [0, 0.1) is 5.41 Å². The van der Waals surface area contributed by atoms with E-state index in [9.17, 15) is 4.79 Å². The monoisotopic (exact) mass is 259 g/mol. The van der Waals surface area contributed by atoms with Crippen LogP contribution < -0.4 is 5.73 Å². The van der Waals surface area contributed by atoms with Crippen LogP contribution in [0.25, 0.3) is 0 Å². The van der Waals surface area contributed by atoms with E-state index in [2.05, 4.69) is 0 Å². The zero-order valence-corrected chi connectivity index (χ0v) is 11.1. The fourth-order valence-corrected chi connectivity index (χ4v) is 2.09. The van der Waals surface area contributed by atoms with Gasteiger partial charge < -0.3 is 5.73 Å². The molecule has 2 nitrogen and oxygen atoms in total. The Kier molecular flexibility index (Phi) is 3.87. The zero-order chi connectivity index (χ0) is 12.5. The van der Waals surface area contributed by atoms with Crippen LogP contribution in [-0.4, -0.2) is 5.91 Å². The number of primary amides is 1. The number of rotatable bonds is 2. The second-order valence-corrected chi connectivity index (χ2v) is 5.69. The molecule has 0 radical (unpaired) electrons. The molecular weight excluding hydrogens is 245 g/mol. The van der Waals surface area contributed by atoms with E-state index in [1.807, 2.05) is 20.8 Å². The van der Waals surface area contributed by atoms with E-state index < -0.39 is 0 Å². The molecule has 0 aliphatic carbocycles. The fourth-order valence-electron chi connectivity index (χ4n) is 1.78. The van der Waals surface area contributed by atoms with Crippen molar-refractivity contribution in [2.75, 3.05) is 0 Å². The Morgan fingerprint density at radius 2 is 1.81 bits per heavy atom. The lowest BCUT2D eigenvalue weighted by atomic mass is 9.76. The first-order valence-electron chi connectivity index (χ1n) is 4.97. The molecule has 2 N–H and O–H groups in total. The molecule has 0 heterocycles. The minimum Gasteiger partial charge on any atom is -0.369 e. The second kappa shape index (κ2) is 4.64. The summed E-state index contributed by atoms with van der Waals surface area (Å²) in [4.78, 5) is 11.5. The smallest absolute Gasteiger partial charge is 0.225 e. The average Bonchev–Trinajstić information content (AvgIpc) is 2.08. The molecule has 0 aromatic heterocycles. The van der Waals surface area contributed by atoms with Gasteiger partial charge in [-0.05, 0) is 23.1 Å². The summed E-state index contributed by atoms with van der Waals surface area (Å²) in [7, 11) is 0. The van der Waals surface area contributed by atoms with Crippen LogP contribution in [0.1, 0.15) is 32.3 Å². The molecule has 1 amide bonds. The number of amides is 1. The van der Waals surface area contributed by atoms with Crippen LogP contribution in [0.4, 0.5) is 0 Å². The van der Waals surface area contributed by atoms with Gasteiger partial charge in [-0.15, -0.1) is 0 Å². The summed E-state index contributed by atoms with van der Waals surface area (Å²) >= 11 is 11.8. The molecule has 0 saturated carbocycles. The minimum absolute atomic E-state index is 0.247. The molecule has 0 aliphatic rings. The highest BCUT2D eigenvalue weighted by Gasteiger charge is 2.31. The molecular formula is C12H15Cl2NO. The molecule has 0 saturated heterocycles. The van der Waals surface area contributed by atoms with Gasteiger partial charge in [-0.1, -0.05) is 50.0 Å². The van der Waals surface area contributed by atoms with Crippen molar-refractivity contribution in [3.05, 3.63) is 33.8 Å². The number of halogens is 2. The lowest BCUT2D eigenvalue weighted by Gasteiger charge is -2.28. The first-order valence-corrected chi connectivity index (χ1v) is 5.73. The van der Waals surface area contributed by atoms with Gasteiger partial charge in [-0.25, -0.2) is 0 Å². The number of hydrogen-bond acceptors (Lipinski definition) is 1. The molecule has 1 atom stereocenters. The van der Waals surface area contributed by atoms with E-state index in [1.165, 1.54) is 0 Å². The van der Waals surface area contributed by atoms with Crippen LogP contribution in [0.5, 0.6) is 0 Å². The van der Waals surface area contributed by atoms with Crippen molar-refractivity contribution in [1.82, 2.24) is 0 Å². The van der Waals surface area contributed by atoms with Crippen molar-refractivity contribution in [3.8, 4) is 0 Å². The molecule has 88 valence electrons. The van der Waals surface area contributed by atoms with Crippen molar-refractivity contribution in [2.24, 2.45) is 11.1 Å². The van der Waals surface area contributed by atoms with Crippen molar-refractivity contribution < 1.29 is 4.79 Å². The lowest BCUT2D eigenvalue weighted by molar-refractivity contribution is -0.121. The summed E-state index contributed by atoms with van der Waals surface area (Å²) in [6.07, 6.45) is 0. The summed E-state index contributed by atoms with van der Waals surface area (Å²) in [5.74, 6) is -0.729. The van der Waals surface area contributed by atoms with E-state index in [0.717, 1.165) is 5.56 Å². The minimum atomic E-state index is -0.373. The van der Waals surface area contributed by atoms with Crippen LogP contribution in [-0.2, 0) is 4.79 Å². The predicted molar refractivity (Wildman–Crippen MR) is 67.9 cm³/mol. The predicted octanol–water partition coefficient (Wildman–Crippen LogP) is 3.61. The largest absolute Gasteiger partial charge is 0.369 e. The lowest BCUT2D eigenvalue weighted by Crippen LogP contribution is -2.31. The summed E-state index contributed by atoms with van der Waals surface area (Å²) < 4.78 is 0. The van der Waals surface area contributed by atoms with Crippen molar-refractivity contribution >= 4 is 29.1 Å².